The first-order valence-corrected chi connectivity index (χ1v) is 7.54. The molecule has 20 heavy (non-hydrogen) atoms. The topological polar surface area (TPSA) is 12.9 Å². The molecule has 1 nitrogen and oxygen atoms in total. The van der Waals surface area contributed by atoms with Crippen LogP contribution in [0.3, 0.4) is 0 Å². The second kappa shape index (κ2) is 5.78. The smallest absolute Gasteiger partial charge is 0.0704 e. The number of aromatic nitrogens is 1. The normalized spacial score (nSPS) is 11.7. The summed E-state index contributed by atoms with van der Waals surface area (Å²) in [6.07, 6.45) is 4.35. The Morgan fingerprint density at radius 2 is 1.70 bits per heavy atom. The molecule has 2 aromatic rings. The van der Waals surface area contributed by atoms with Gasteiger partial charge in [-0.05, 0) is 49.3 Å². The second-order valence-electron chi connectivity index (χ2n) is 6.02. The van der Waals surface area contributed by atoms with E-state index < -0.39 is 0 Å². The van der Waals surface area contributed by atoms with Crippen LogP contribution >= 0.6 is 0 Å². The number of rotatable bonds is 4. The first-order chi connectivity index (χ1) is 9.50. The van der Waals surface area contributed by atoms with Crippen molar-refractivity contribution in [3.05, 3.63) is 53.2 Å². The maximum absolute atomic E-state index is 4.70. The monoisotopic (exact) mass is 267 g/mol. The van der Waals surface area contributed by atoms with Crippen molar-refractivity contribution in [2.75, 3.05) is 0 Å². The molecule has 0 saturated heterocycles. The van der Waals surface area contributed by atoms with Crippen LogP contribution in [-0.2, 0) is 5.41 Å². The molecule has 0 saturated carbocycles. The summed E-state index contributed by atoms with van der Waals surface area (Å²) in [6.45, 7) is 11.1. The predicted octanol–water partition coefficient (Wildman–Crippen LogP) is 5.44. The molecule has 0 N–H and O–H groups in total. The lowest BCUT2D eigenvalue weighted by atomic mass is 9.78. The highest BCUT2D eigenvalue weighted by molar-refractivity contribution is 5.64. The molecule has 106 valence electrons. The lowest BCUT2D eigenvalue weighted by molar-refractivity contribution is 0.437. The van der Waals surface area contributed by atoms with E-state index in [9.17, 15) is 0 Å². The molecule has 0 aliphatic rings. The molecule has 1 heteroatoms. The maximum Gasteiger partial charge on any atom is 0.0704 e. The van der Waals surface area contributed by atoms with Crippen LogP contribution in [0.5, 0.6) is 0 Å². The highest BCUT2D eigenvalue weighted by Gasteiger charge is 2.22. The van der Waals surface area contributed by atoms with Crippen LogP contribution in [0.25, 0.3) is 11.3 Å². The van der Waals surface area contributed by atoms with E-state index in [1.54, 1.807) is 0 Å². The van der Waals surface area contributed by atoms with Gasteiger partial charge < -0.3 is 0 Å². The summed E-state index contributed by atoms with van der Waals surface area (Å²) in [7, 11) is 0. The standard InChI is InChI=1S/C19H25N/c1-6-19(5,7-2)16-9-11-18(20-13-16)17-10-8-14(3)12-15(17)4/h8-13H,6-7H2,1-5H3. The molecule has 1 aromatic heterocycles. The quantitative estimate of drug-likeness (QED) is 0.718. The van der Waals surface area contributed by atoms with Crippen molar-refractivity contribution < 1.29 is 0 Å². The van der Waals surface area contributed by atoms with Gasteiger partial charge in [0.05, 0.1) is 5.69 Å². The fourth-order valence-electron chi connectivity index (χ4n) is 2.67. The van der Waals surface area contributed by atoms with E-state index in [0.29, 0.717) is 0 Å². The van der Waals surface area contributed by atoms with E-state index in [1.165, 1.54) is 22.3 Å². The lowest BCUT2D eigenvalue weighted by Gasteiger charge is -2.27. The molecule has 0 spiro atoms. The van der Waals surface area contributed by atoms with Crippen LogP contribution in [-0.4, -0.2) is 4.98 Å². The summed E-state index contributed by atoms with van der Waals surface area (Å²) < 4.78 is 0. The van der Waals surface area contributed by atoms with Crippen molar-refractivity contribution in [1.82, 2.24) is 4.98 Å². The van der Waals surface area contributed by atoms with E-state index in [1.807, 2.05) is 0 Å². The zero-order valence-electron chi connectivity index (χ0n) is 13.3. The Balaban J connectivity index is 2.37. The fourth-order valence-corrected chi connectivity index (χ4v) is 2.67. The van der Waals surface area contributed by atoms with Crippen molar-refractivity contribution in [3.63, 3.8) is 0 Å². The van der Waals surface area contributed by atoms with Crippen molar-refractivity contribution >= 4 is 0 Å². The van der Waals surface area contributed by atoms with E-state index >= 15 is 0 Å². The highest BCUT2D eigenvalue weighted by atomic mass is 14.7. The highest BCUT2D eigenvalue weighted by Crippen LogP contribution is 2.31. The van der Waals surface area contributed by atoms with E-state index in [4.69, 9.17) is 4.98 Å². The average Bonchev–Trinajstić information content (AvgIpc) is 2.47. The number of aryl methyl sites for hydroxylation is 2. The summed E-state index contributed by atoms with van der Waals surface area (Å²) in [5, 5.41) is 0. The molecule has 0 aliphatic carbocycles. The van der Waals surface area contributed by atoms with Gasteiger partial charge in [0.2, 0.25) is 0 Å². The van der Waals surface area contributed by atoms with Gasteiger partial charge in [-0.1, -0.05) is 50.6 Å². The van der Waals surface area contributed by atoms with Crippen molar-refractivity contribution in [3.8, 4) is 11.3 Å². The summed E-state index contributed by atoms with van der Waals surface area (Å²) in [6, 6.07) is 10.9. The third kappa shape index (κ3) is 2.77. The maximum atomic E-state index is 4.70. The third-order valence-corrected chi connectivity index (χ3v) is 4.68. The van der Waals surface area contributed by atoms with Crippen molar-refractivity contribution in [2.24, 2.45) is 0 Å². The van der Waals surface area contributed by atoms with Crippen molar-refractivity contribution in [1.29, 1.82) is 0 Å². The molecule has 0 aliphatic heterocycles. The van der Waals surface area contributed by atoms with Gasteiger partial charge >= 0.3 is 0 Å². The second-order valence-corrected chi connectivity index (χ2v) is 6.02. The molecule has 1 heterocycles. The van der Waals surface area contributed by atoms with Crippen molar-refractivity contribution in [2.45, 2.75) is 52.9 Å². The largest absolute Gasteiger partial charge is 0.256 e. The summed E-state index contributed by atoms with van der Waals surface area (Å²) >= 11 is 0. The van der Waals surface area contributed by atoms with Gasteiger partial charge in [-0.3, -0.25) is 4.98 Å². The number of pyridine rings is 1. The number of hydrogen-bond donors (Lipinski definition) is 0. The van der Waals surface area contributed by atoms with Gasteiger partial charge in [0.25, 0.3) is 0 Å². The fraction of sp³-hybridized carbons (Fsp3) is 0.421. The summed E-state index contributed by atoms with van der Waals surface area (Å²) in [5.74, 6) is 0. The first-order valence-electron chi connectivity index (χ1n) is 7.54. The Morgan fingerprint density at radius 1 is 1.00 bits per heavy atom. The zero-order chi connectivity index (χ0) is 14.8. The Kier molecular flexibility index (Phi) is 4.27. The number of hydrogen-bond acceptors (Lipinski definition) is 1. The Hall–Kier alpha value is -1.63. The zero-order valence-corrected chi connectivity index (χ0v) is 13.3. The van der Waals surface area contributed by atoms with Gasteiger partial charge in [-0.15, -0.1) is 0 Å². The van der Waals surface area contributed by atoms with Gasteiger partial charge in [0.1, 0.15) is 0 Å². The molecular weight excluding hydrogens is 242 g/mol. The van der Waals surface area contributed by atoms with Gasteiger partial charge in [-0.2, -0.15) is 0 Å². The minimum Gasteiger partial charge on any atom is -0.256 e. The number of nitrogens with zero attached hydrogens (tertiary/aromatic N) is 1. The lowest BCUT2D eigenvalue weighted by Crippen LogP contribution is -2.19. The van der Waals surface area contributed by atoms with Crippen LogP contribution in [0.4, 0.5) is 0 Å². The number of benzene rings is 1. The Morgan fingerprint density at radius 3 is 2.20 bits per heavy atom. The van der Waals surface area contributed by atoms with Gasteiger partial charge in [0, 0.05) is 11.8 Å². The predicted molar refractivity (Wildman–Crippen MR) is 87.1 cm³/mol. The first kappa shape index (κ1) is 14.8. The molecule has 0 amide bonds. The third-order valence-electron chi connectivity index (χ3n) is 4.68. The van der Waals surface area contributed by atoms with E-state index in [-0.39, 0.29) is 5.41 Å². The molecule has 0 atom stereocenters. The minimum atomic E-state index is 0.244. The Labute approximate surface area is 123 Å². The molecule has 0 unspecified atom stereocenters. The molecule has 2 rings (SSSR count). The molecular formula is C19H25N. The minimum absolute atomic E-state index is 0.244. The van der Waals surface area contributed by atoms with Crippen LogP contribution in [0, 0.1) is 13.8 Å². The summed E-state index contributed by atoms with van der Waals surface area (Å²) in [5.41, 5.74) is 6.48. The van der Waals surface area contributed by atoms with Gasteiger partial charge in [-0.25, -0.2) is 0 Å². The molecule has 0 radical (unpaired) electrons. The molecule has 0 bridgehead atoms. The van der Waals surface area contributed by atoms with Crippen LogP contribution < -0.4 is 0 Å². The van der Waals surface area contributed by atoms with Gasteiger partial charge in [0.15, 0.2) is 0 Å². The SMILES string of the molecule is CCC(C)(CC)c1ccc(-c2ccc(C)cc2C)nc1. The van der Waals surface area contributed by atoms with Crippen LogP contribution in [0.2, 0.25) is 0 Å². The molecule has 1 aromatic carbocycles. The average molecular weight is 267 g/mol. The Bertz CT molecular complexity index is 577. The van der Waals surface area contributed by atoms with Crippen LogP contribution in [0.1, 0.15) is 50.3 Å². The van der Waals surface area contributed by atoms with E-state index in [0.717, 1.165) is 18.5 Å². The molecule has 0 fully saturated rings. The van der Waals surface area contributed by atoms with Crippen LogP contribution in [0.15, 0.2) is 36.5 Å². The summed E-state index contributed by atoms with van der Waals surface area (Å²) in [4.78, 5) is 4.70. The van der Waals surface area contributed by atoms with E-state index in [2.05, 4.69) is 71.1 Å².